The van der Waals surface area contributed by atoms with Crippen LogP contribution in [0, 0.1) is 12.3 Å². The molecule has 2 rings (SSSR count). The topological polar surface area (TPSA) is 200 Å². The zero-order chi connectivity index (χ0) is 34.1. The predicted molar refractivity (Wildman–Crippen MR) is 162 cm³/mol. The quantitative estimate of drug-likeness (QED) is 0.0704. The number of aliphatic hydroxyl groups is 5. The molecule has 1 aliphatic rings. The van der Waals surface area contributed by atoms with Gasteiger partial charge in [0.05, 0.1) is 19.8 Å². The molecule has 44 heavy (non-hydrogen) atoms. The van der Waals surface area contributed by atoms with Crippen LogP contribution < -0.4 is 4.90 Å². The van der Waals surface area contributed by atoms with E-state index in [1.807, 2.05) is 52.0 Å². The zero-order valence-electron chi connectivity index (χ0n) is 25.6. The van der Waals surface area contributed by atoms with Crippen LogP contribution in [-0.2, 0) is 34.0 Å². The molecule has 0 radical (unpaired) electrons. The van der Waals surface area contributed by atoms with Gasteiger partial charge in [0.1, 0.15) is 12.5 Å². The van der Waals surface area contributed by atoms with Crippen molar-refractivity contribution in [2.45, 2.75) is 59.4 Å². The summed E-state index contributed by atoms with van der Waals surface area (Å²) in [5.74, 6) is -1.96. The first-order valence-corrected chi connectivity index (χ1v) is 13.7. The van der Waals surface area contributed by atoms with Gasteiger partial charge in [0, 0.05) is 28.3 Å². The number of hydrogen-bond donors (Lipinski definition) is 5. The molecule has 246 valence electrons. The van der Waals surface area contributed by atoms with E-state index >= 15 is 0 Å². The van der Waals surface area contributed by atoms with Crippen molar-refractivity contribution in [3.8, 4) is 0 Å². The highest BCUT2D eigenvalue weighted by Crippen LogP contribution is 2.21. The Bertz CT molecular complexity index is 992. The highest BCUT2D eigenvalue weighted by molar-refractivity contribution is 6.14. The van der Waals surface area contributed by atoms with Crippen LogP contribution in [0.5, 0.6) is 0 Å². The van der Waals surface area contributed by atoms with E-state index < -0.39 is 29.8 Å². The van der Waals surface area contributed by atoms with Crippen LogP contribution in [0.15, 0.2) is 73.9 Å². The summed E-state index contributed by atoms with van der Waals surface area (Å²) in [6, 6.07) is 7.81. The Morgan fingerprint density at radius 2 is 1.16 bits per heavy atom. The van der Waals surface area contributed by atoms with E-state index in [2.05, 4.69) is 28.0 Å². The van der Waals surface area contributed by atoms with Crippen molar-refractivity contribution in [2.24, 2.45) is 5.41 Å². The summed E-state index contributed by atoms with van der Waals surface area (Å²) < 4.78 is 0. The van der Waals surface area contributed by atoms with Gasteiger partial charge in [-0.3, -0.25) is 19.4 Å². The first-order chi connectivity index (χ1) is 20.8. The molecule has 0 saturated carbocycles. The van der Waals surface area contributed by atoms with Gasteiger partial charge in [0.2, 0.25) is 0 Å². The second kappa shape index (κ2) is 24.5. The lowest BCUT2D eigenvalue weighted by Crippen LogP contribution is -2.42. The number of carbonyl (C=O) groups excluding carboxylic acids is 4. The van der Waals surface area contributed by atoms with Crippen molar-refractivity contribution in [3.05, 3.63) is 79.4 Å². The van der Waals surface area contributed by atoms with E-state index in [1.165, 1.54) is 29.9 Å². The number of hydrogen-bond acceptors (Lipinski definition) is 13. The molecule has 0 aromatic heterocycles. The summed E-state index contributed by atoms with van der Waals surface area (Å²) in [5.41, 5.74) is 1.36. The zero-order valence-corrected chi connectivity index (χ0v) is 25.6. The van der Waals surface area contributed by atoms with Crippen LogP contribution in [0.2, 0.25) is 0 Å². The molecular formula is C31H45NO12. The van der Waals surface area contributed by atoms with E-state index in [0.29, 0.717) is 19.3 Å². The number of carbonyl (C=O) groups is 4. The van der Waals surface area contributed by atoms with E-state index in [-0.39, 0.29) is 31.4 Å². The lowest BCUT2D eigenvalue weighted by atomic mass is 9.88. The van der Waals surface area contributed by atoms with Gasteiger partial charge in [-0.05, 0) is 62.6 Å². The van der Waals surface area contributed by atoms with Crippen molar-refractivity contribution in [3.63, 3.8) is 0 Å². The summed E-state index contributed by atoms with van der Waals surface area (Å²) >= 11 is 0. The Morgan fingerprint density at radius 3 is 1.41 bits per heavy atom. The average molecular weight is 624 g/mol. The molecule has 1 aliphatic carbocycles. The molecule has 1 aromatic carbocycles. The number of nitrogens with zero attached hydrogens (tertiary/aromatic N) is 1. The molecule has 13 nitrogen and oxygen atoms in total. The number of aryl methyl sites for hydroxylation is 1. The molecule has 0 spiro atoms. The average Bonchev–Trinajstić information content (AvgIpc) is 3.05. The number of ketones is 2. The van der Waals surface area contributed by atoms with Crippen molar-refractivity contribution in [1.82, 2.24) is 0 Å². The van der Waals surface area contributed by atoms with E-state index in [0.717, 1.165) is 17.8 Å². The van der Waals surface area contributed by atoms with Crippen LogP contribution >= 0.6 is 0 Å². The van der Waals surface area contributed by atoms with Crippen molar-refractivity contribution < 1.29 is 59.5 Å². The molecular weight excluding hydrogens is 578 g/mol. The van der Waals surface area contributed by atoms with Crippen LogP contribution in [0.3, 0.4) is 0 Å². The minimum atomic E-state index is -0.859. The smallest absolute Gasteiger partial charge is 0.369 e. The monoisotopic (exact) mass is 623 g/mol. The Morgan fingerprint density at radius 1 is 0.795 bits per heavy atom. The van der Waals surface area contributed by atoms with Crippen LogP contribution in [0.1, 0.15) is 45.6 Å². The second-order valence-corrected chi connectivity index (χ2v) is 9.10. The van der Waals surface area contributed by atoms with Gasteiger partial charge in [-0.1, -0.05) is 51.6 Å². The molecule has 5 N–H and O–H groups in total. The fourth-order valence-corrected chi connectivity index (χ4v) is 2.73. The van der Waals surface area contributed by atoms with Gasteiger partial charge in [-0.15, -0.1) is 0 Å². The summed E-state index contributed by atoms with van der Waals surface area (Å²) in [4.78, 5) is 50.2. The SMILES string of the molecule is C=CC(=O)OOOC(=O)C=C.CCC(CO)(CO)CO.CCC(O)N(c1ccc(C)cc1)C(O)CC.O=C1C=CC(=O)C=C1. The first-order valence-electron chi connectivity index (χ1n) is 13.7. The lowest BCUT2D eigenvalue weighted by molar-refractivity contribution is -0.455. The van der Waals surface area contributed by atoms with E-state index in [1.54, 1.807) is 4.90 Å². The van der Waals surface area contributed by atoms with Crippen LogP contribution in [0.25, 0.3) is 0 Å². The third kappa shape index (κ3) is 17.9. The van der Waals surface area contributed by atoms with Crippen molar-refractivity contribution >= 4 is 29.2 Å². The summed E-state index contributed by atoms with van der Waals surface area (Å²) in [6.07, 6.45) is 7.20. The maximum atomic E-state index is 10.3. The molecule has 0 fully saturated rings. The maximum absolute atomic E-state index is 10.3. The molecule has 0 saturated heterocycles. The number of allylic oxidation sites excluding steroid dienone is 4. The highest BCUT2D eigenvalue weighted by Gasteiger charge is 2.25. The molecule has 0 heterocycles. The Hall–Kier alpha value is -3.98. The number of benzene rings is 1. The molecule has 0 bridgehead atoms. The van der Waals surface area contributed by atoms with Gasteiger partial charge < -0.3 is 30.4 Å². The highest BCUT2D eigenvalue weighted by atomic mass is 17.5. The van der Waals surface area contributed by atoms with Gasteiger partial charge >= 0.3 is 11.9 Å². The largest absolute Gasteiger partial charge is 0.396 e. The van der Waals surface area contributed by atoms with Gasteiger partial charge in [0.15, 0.2) is 11.6 Å². The van der Waals surface area contributed by atoms with Gasteiger partial charge in [0.25, 0.3) is 0 Å². The molecule has 0 amide bonds. The number of aliphatic hydroxyl groups excluding tert-OH is 5. The molecule has 0 aliphatic heterocycles. The molecule has 13 heteroatoms. The minimum Gasteiger partial charge on any atom is -0.396 e. The number of anilines is 1. The Kier molecular flexibility index (Phi) is 23.4. The minimum absolute atomic E-state index is 0.121. The third-order valence-electron chi connectivity index (χ3n) is 5.85. The van der Waals surface area contributed by atoms with Gasteiger partial charge in [-0.2, -0.15) is 0 Å². The van der Waals surface area contributed by atoms with Crippen LogP contribution in [0.4, 0.5) is 5.69 Å². The normalized spacial score (nSPS) is 12.9. The lowest BCUT2D eigenvalue weighted by Gasteiger charge is -2.33. The molecule has 2 unspecified atom stereocenters. The van der Waals surface area contributed by atoms with Gasteiger partial charge in [-0.25, -0.2) is 9.59 Å². The maximum Gasteiger partial charge on any atom is 0.369 e. The molecule has 1 aromatic rings. The fraction of sp³-hybridized carbons (Fsp3) is 0.419. The summed E-state index contributed by atoms with van der Waals surface area (Å²) in [5, 5.41) is 49.5. The molecule has 2 atom stereocenters. The van der Waals surface area contributed by atoms with Crippen molar-refractivity contribution in [1.29, 1.82) is 0 Å². The predicted octanol–water partition coefficient (Wildman–Crippen LogP) is 2.16. The van der Waals surface area contributed by atoms with Crippen LogP contribution in [-0.4, -0.2) is 81.3 Å². The number of rotatable bonds is 13. The third-order valence-corrected chi connectivity index (χ3v) is 5.85. The van der Waals surface area contributed by atoms with E-state index in [4.69, 9.17) is 15.3 Å². The summed E-state index contributed by atoms with van der Waals surface area (Å²) in [7, 11) is 0. The Balaban J connectivity index is 0. The first kappa shape index (κ1) is 42.2. The Labute approximate surface area is 257 Å². The standard InChI is InChI=1S/C13H21NO2.C6H6O5.C6H14O3.C6H4O2/c1-4-12(15)14(13(16)5-2)11-8-6-10(3)7-9-11;1-3-5(7)9-11-10-6(8)4-2;1-2-6(3-7,4-8)5-9;7-5-1-2-6(8)4-3-5/h6-9,12-13,15-16H,4-5H2,1-3H3;3-4H,1-2H2;7-9H,2-5H2,1H3;1-4H. The fourth-order valence-electron chi connectivity index (χ4n) is 2.73. The van der Waals surface area contributed by atoms with E-state index in [9.17, 15) is 29.4 Å². The summed E-state index contributed by atoms with van der Waals surface area (Å²) in [6.45, 7) is 13.3. The van der Waals surface area contributed by atoms with Crippen molar-refractivity contribution in [2.75, 3.05) is 24.7 Å². The second-order valence-electron chi connectivity index (χ2n) is 9.10.